The average molecular weight is 250 g/mol. The molecule has 18 heavy (non-hydrogen) atoms. The number of hydrogen-bond acceptors (Lipinski definition) is 3. The van der Waals surface area contributed by atoms with Crippen LogP contribution in [0.15, 0.2) is 24.3 Å². The highest BCUT2D eigenvalue weighted by atomic mass is 16.4. The standard InChI is InChI=1S/C14H22N2O2/c1-11(2)7-9-16(10-8-14(17)18)13-6-4-3-5-12(13)15/h3-6,11H,7-10,15H2,1-2H3,(H,17,18). The van der Waals surface area contributed by atoms with Crippen LogP contribution in [0.2, 0.25) is 0 Å². The number of anilines is 2. The Hall–Kier alpha value is -1.71. The molecule has 1 aromatic rings. The minimum Gasteiger partial charge on any atom is -0.481 e. The van der Waals surface area contributed by atoms with Crippen LogP contribution < -0.4 is 10.6 Å². The molecule has 0 aliphatic carbocycles. The molecule has 0 aromatic heterocycles. The molecule has 0 saturated carbocycles. The lowest BCUT2D eigenvalue weighted by atomic mass is 10.1. The third-order valence-corrected chi connectivity index (χ3v) is 2.85. The first kappa shape index (κ1) is 14.4. The Kier molecular flexibility index (Phi) is 5.49. The van der Waals surface area contributed by atoms with Crippen LogP contribution in [0.4, 0.5) is 11.4 Å². The number of carboxylic acid groups (broad SMARTS) is 1. The van der Waals surface area contributed by atoms with Crippen molar-refractivity contribution in [2.75, 3.05) is 23.7 Å². The molecule has 0 atom stereocenters. The number of rotatable bonds is 7. The summed E-state index contributed by atoms with van der Waals surface area (Å²) in [6.07, 6.45) is 1.15. The van der Waals surface area contributed by atoms with Crippen LogP contribution in [0.25, 0.3) is 0 Å². The molecular formula is C14H22N2O2. The molecule has 0 aliphatic rings. The van der Waals surface area contributed by atoms with E-state index < -0.39 is 5.97 Å². The normalized spacial score (nSPS) is 10.6. The highest BCUT2D eigenvalue weighted by Gasteiger charge is 2.11. The second kappa shape index (κ2) is 6.89. The molecule has 1 aromatic carbocycles. The Morgan fingerprint density at radius 3 is 2.56 bits per heavy atom. The number of nitrogens with zero attached hydrogens (tertiary/aromatic N) is 1. The molecule has 0 saturated heterocycles. The summed E-state index contributed by atoms with van der Waals surface area (Å²) in [5.74, 6) is -0.193. The van der Waals surface area contributed by atoms with E-state index in [1.165, 1.54) is 0 Å². The zero-order valence-electron chi connectivity index (χ0n) is 11.1. The van der Waals surface area contributed by atoms with Crippen molar-refractivity contribution in [2.24, 2.45) is 5.92 Å². The van der Waals surface area contributed by atoms with E-state index in [0.717, 1.165) is 18.7 Å². The van der Waals surface area contributed by atoms with Gasteiger partial charge in [0.25, 0.3) is 0 Å². The topological polar surface area (TPSA) is 66.6 Å². The summed E-state index contributed by atoms with van der Waals surface area (Å²) in [5.41, 5.74) is 7.58. The van der Waals surface area contributed by atoms with Crippen LogP contribution >= 0.6 is 0 Å². The van der Waals surface area contributed by atoms with E-state index in [1.807, 2.05) is 24.3 Å². The van der Waals surface area contributed by atoms with Crippen LogP contribution in [0.5, 0.6) is 0 Å². The second-order valence-corrected chi connectivity index (χ2v) is 4.87. The Morgan fingerprint density at radius 2 is 2.00 bits per heavy atom. The lowest BCUT2D eigenvalue weighted by Crippen LogP contribution is -2.28. The van der Waals surface area contributed by atoms with Gasteiger partial charge >= 0.3 is 5.97 Å². The van der Waals surface area contributed by atoms with E-state index in [9.17, 15) is 4.79 Å². The van der Waals surface area contributed by atoms with Gasteiger partial charge in [-0.25, -0.2) is 0 Å². The minimum absolute atomic E-state index is 0.131. The molecule has 100 valence electrons. The third kappa shape index (κ3) is 4.65. The summed E-state index contributed by atoms with van der Waals surface area (Å²) >= 11 is 0. The number of carbonyl (C=O) groups is 1. The first-order valence-corrected chi connectivity index (χ1v) is 6.32. The van der Waals surface area contributed by atoms with Gasteiger partial charge in [-0.2, -0.15) is 0 Å². The fourth-order valence-electron chi connectivity index (χ4n) is 1.77. The zero-order valence-corrected chi connectivity index (χ0v) is 11.1. The quantitative estimate of drug-likeness (QED) is 0.730. The average Bonchev–Trinajstić information content (AvgIpc) is 2.30. The van der Waals surface area contributed by atoms with Crippen molar-refractivity contribution in [1.82, 2.24) is 0 Å². The molecule has 4 nitrogen and oxygen atoms in total. The van der Waals surface area contributed by atoms with E-state index in [-0.39, 0.29) is 6.42 Å². The summed E-state index contributed by atoms with van der Waals surface area (Å²) in [4.78, 5) is 12.8. The Morgan fingerprint density at radius 1 is 1.33 bits per heavy atom. The number of carboxylic acids is 1. The largest absolute Gasteiger partial charge is 0.481 e. The third-order valence-electron chi connectivity index (χ3n) is 2.85. The fraction of sp³-hybridized carbons (Fsp3) is 0.500. The smallest absolute Gasteiger partial charge is 0.305 e. The Bertz CT molecular complexity index is 391. The van der Waals surface area contributed by atoms with E-state index in [0.29, 0.717) is 18.2 Å². The highest BCUT2D eigenvalue weighted by molar-refractivity contribution is 5.70. The first-order chi connectivity index (χ1) is 8.50. The number of para-hydroxylation sites is 2. The molecule has 0 heterocycles. The number of aliphatic carboxylic acids is 1. The van der Waals surface area contributed by atoms with Gasteiger partial charge in [-0.15, -0.1) is 0 Å². The van der Waals surface area contributed by atoms with E-state index in [1.54, 1.807) is 0 Å². The van der Waals surface area contributed by atoms with Crippen LogP contribution in [0.3, 0.4) is 0 Å². The molecule has 0 amide bonds. The number of benzene rings is 1. The maximum Gasteiger partial charge on any atom is 0.305 e. The van der Waals surface area contributed by atoms with Crippen LogP contribution in [-0.2, 0) is 4.79 Å². The van der Waals surface area contributed by atoms with E-state index in [2.05, 4.69) is 18.7 Å². The predicted molar refractivity (Wildman–Crippen MR) is 74.8 cm³/mol. The molecule has 0 spiro atoms. The second-order valence-electron chi connectivity index (χ2n) is 4.87. The van der Waals surface area contributed by atoms with Crippen molar-refractivity contribution < 1.29 is 9.90 Å². The highest BCUT2D eigenvalue weighted by Crippen LogP contribution is 2.23. The van der Waals surface area contributed by atoms with Gasteiger partial charge in [0.05, 0.1) is 17.8 Å². The van der Waals surface area contributed by atoms with Crippen molar-refractivity contribution >= 4 is 17.3 Å². The molecule has 0 radical (unpaired) electrons. The van der Waals surface area contributed by atoms with E-state index in [4.69, 9.17) is 10.8 Å². The van der Waals surface area contributed by atoms with Gasteiger partial charge in [0.15, 0.2) is 0 Å². The number of hydrogen-bond donors (Lipinski definition) is 2. The fourth-order valence-corrected chi connectivity index (χ4v) is 1.77. The SMILES string of the molecule is CC(C)CCN(CCC(=O)O)c1ccccc1N. The van der Waals surface area contributed by atoms with Crippen LogP contribution in [-0.4, -0.2) is 24.2 Å². The lowest BCUT2D eigenvalue weighted by Gasteiger charge is -2.26. The van der Waals surface area contributed by atoms with Gasteiger partial charge in [-0.1, -0.05) is 26.0 Å². The van der Waals surface area contributed by atoms with Gasteiger partial charge in [0.1, 0.15) is 0 Å². The van der Waals surface area contributed by atoms with Crippen molar-refractivity contribution in [3.8, 4) is 0 Å². The maximum absolute atomic E-state index is 10.7. The summed E-state index contributed by atoms with van der Waals surface area (Å²) in [7, 11) is 0. The van der Waals surface area contributed by atoms with Crippen molar-refractivity contribution in [3.05, 3.63) is 24.3 Å². The van der Waals surface area contributed by atoms with Crippen molar-refractivity contribution in [2.45, 2.75) is 26.7 Å². The zero-order chi connectivity index (χ0) is 13.5. The number of nitrogen functional groups attached to an aromatic ring is 1. The summed E-state index contributed by atoms with van der Waals surface area (Å²) in [6.45, 7) is 5.64. The predicted octanol–water partition coefficient (Wildman–Crippen LogP) is 2.60. The van der Waals surface area contributed by atoms with Crippen LogP contribution in [0.1, 0.15) is 26.7 Å². The summed E-state index contributed by atoms with van der Waals surface area (Å²) in [6, 6.07) is 7.60. The molecular weight excluding hydrogens is 228 g/mol. The molecule has 0 bridgehead atoms. The van der Waals surface area contributed by atoms with E-state index >= 15 is 0 Å². The Balaban J connectivity index is 2.75. The molecule has 1 rings (SSSR count). The first-order valence-electron chi connectivity index (χ1n) is 6.32. The van der Waals surface area contributed by atoms with Crippen molar-refractivity contribution in [3.63, 3.8) is 0 Å². The molecule has 0 fully saturated rings. The van der Waals surface area contributed by atoms with Crippen LogP contribution in [0, 0.1) is 5.92 Å². The summed E-state index contributed by atoms with van der Waals surface area (Å²) < 4.78 is 0. The molecule has 0 unspecified atom stereocenters. The number of nitrogens with two attached hydrogens (primary N) is 1. The van der Waals surface area contributed by atoms with Gasteiger partial charge in [0, 0.05) is 13.1 Å². The monoisotopic (exact) mass is 250 g/mol. The lowest BCUT2D eigenvalue weighted by molar-refractivity contribution is -0.136. The van der Waals surface area contributed by atoms with Gasteiger partial charge in [-0.05, 0) is 24.5 Å². The van der Waals surface area contributed by atoms with Gasteiger partial charge in [0.2, 0.25) is 0 Å². The Labute approximate surface area is 108 Å². The molecule has 4 heteroatoms. The van der Waals surface area contributed by atoms with Crippen molar-refractivity contribution in [1.29, 1.82) is 0 Å². The molecule has 3 N–H and O–H groups in total. The van der Waals surface area contributed by atoms with Gasteiger partial charge < -0.3 is 15.7 Å². The maximum atomic E-state index is 10.7. The molecule has 0 aliphatic heterocycles. The summed E-state index contributed by atoms with van der Waals surface area (Å²) in [5, 5.41) is 8.80. The minimum atomic E-state index is -0.779. The van der Waals surface area contributed by atoms with Gasteiger partial charge in [-0.3, -0.25) is 4.79 Å².